The van der Waals surface area contributed by atoms with Crippen LogP contribution in [0.1, 0.15) is 25.4 Å². The third kappa shape index (κ3) is 3.51. The molecule has 0 aliphatic carbocycles. The van der Waals surface area contributed by atoms with Gasteiger partial charge in [-0.15, -0.1) is 0 Å². The predicted octanol–water partition coefficient (Wildman–Crippen LogP) is 2.22. The Kier molecular flexibility index (Phi) is 3.56. The van der Waals surface area contributed by atoms with Crippen molar-refractivity contribution in [2.24, 2.45) is 0 Å². The molecule has 0 aliphatic heterocycles. The normalized spacial score (nSPS) is 10.3. The first-order chi connectivity index (χ1) is 6.58. The summed E-state index contributed by atoms with van der Waals surface area (Å²) in [7, 11) is 0. The molecule has 0 unspecified atom stereocenters. The second-order valence-electron chi connectivity index (χ2n) is 3.32. The van der Waals surface area contributed by atoms with E-state index in [1.165, 1.54) is 0 Å². The molecule has 0 saturated carbocycles. The van der Waals surface area contributed by atoms with Gasteiger partial charge in [-0.05, 0) is 32.9 Å². The summed E-state index contributed by atoms with van der Waals surface area (Å²) in [5, 5.41) is 2.59. The lowest BCUT2D eigenvalue weighted by molar-refractivity contribution is 0.114. The molecule has 1 N–H and O–H groups in total. The van der Waals surface area contributed by atoms with Gasteiger partial charge in [0.25, 0.3) is 0 Å². The van der Waals surface area contributed by atoms with Crippen LogP contribution in [0.4, 0.5) is 4.79 Å². The van der Waals surface area contributed by atoms with Gasteiger partial charge in [0, 0.05) is 0 Å². The Labute approximate surface area is 83.2 Å². The molecule has 0 atom stereocenters. The van der Waals surface area contributed by atoms with Crippen molar-refractivity contribution in [1.82, 2.24) is 5.32 Å². The first kappa shape index (κ1) is 10.6. The highest BCUT2D eigenvalue weighted by Gasteiger charge is 2.05. The molecule has 14 heavy (non-hydrogen) atoms. The maximum atomic E-state index is 11.1. The molecule has 4 nitrogen and oxygen atoms in total. The minimum atomic E-state index is -0.422. The summed E-state index contributed by atoms with van der Waals surface area (Å²) in [6, 6.07) is 3.68. The van der Waals surface area contributed by atoms with Crippen LogP contribution in [0.3, 0.4) is 0 Å². The number of furan rings is 1. The van der Waals surface area contributed by atoms with Gasteiger partial charge in [-0.1, -0.05) is 0 Å². The minimum Gasteiger partial charge on any atom is -0.465 e. The third-order valence-corrected chi connectivity index (χ3v) is 1.55. The van der Waals surface area contributed by atoms with Crippen LogP contribution in [0.15, 0.2) is 16.5 Å². The van der Waals surface area contributed by atoms with Gasteiger partial charge in [0.1, 0.15) is 11.5 Å². The van der Waals surface area contributed by atoms with Gasteiger partial charge in [-0.3, -0.25) is 0 Å². The van der Waals surface area contributed by atoms with Crippen molar-refractivity contribution in [3.05, 3.63) is 23.7 Å². The van der Waals surface area contributed by atoms with E-state index < -0.39 is 6.09 Å². The van der Waals surface area contributed by atoms with Gasteiger partial charge < -0.3 is 14.5 Å². The van der Waals surface area contributed by atoms with Gasteiger partial charge in [-0.2, -0.15) is 0 Å². The third-order valence-electron chi connectivity index (χ3n) is 1.55. The van der Waals surface area contributed by atoms with Crippen molar-refractivity contribution in [2.75, 3.05) is 0 Å². The summed E-state index contributed by atoms with van der Waals surface area (Å²) in [4.78, 5) is 11.1. The molecular formula is C10H15NO3. The number of hydrogen-bond acceptors (Lipinski definition) is 3. The van der Waals surface area contributed by atoms with Crippen LogP contribution >= 0.6 is 0 Å². The molecule has 1 aromatic heterocycles. The summed E-state index contributed by atoms with van der Waals surface area (Å²) in [6.07, 6.45) is -0.526. The Morgan fingerprint density at radius 1 is 1.57 bits per heavy atom. The van der Waals surface area contributed by atoms with Gasteiger partial charge in [0.2, 0.25) is 0 Å². The van der Waals surface area contributed by atoms with E-state index in [0.29, 0.717) is 6.54 Å². The average molecular weight is 197 g/mol. The highest BCUT2D eigenvalue weighted by Crippen LogP contribution is 2.05. The fraction of sp³-hybridized carbons (Fsp3) is 0.500. The fourth-order valence-electron chi connectivity index (χ4n) is 0.995. The number of carbonyl (C=O) groups is 1. The van der Waals surface area contributed by atoms with E-state index in [4.69, 9.17) is 9.15 Å². The minimum absolute atomic E-state index is 0.103. The molecular weight excluding hydrogens is 182 g/mol. The lowest BCUT2D eigenvalue weighted by Gasteiger charge is -2.07. The summed E-state index contributed by atoms with van der Waals surface area (Å²) in [5.41, 5.74) is 0. The van der Waals surface area contributed by atoms with E-state index in [9.17, 15) is 4.79 Å². The molecule has 0 aliphatic rings. The predicted molar refractivity (Wildman–Crippen MR) is 51.9 cm³/mol. The largest absolute Gasteiger partial charge is 0.465 e. The Morgan fingerprint density at radius 3 is 2.79 bits per heavy atom. The number of rotatable bonds is 3. The van der Waals surface area contributed by atoms with Crippen LogP contribution in [0.25, 0.3) is 0 Å². The Hall–Kier alpha value is -1.45. The van der Waals surface area contributed by atoms with Crippen molar-refractivity contribution in [2.45, 2.75) is 33.4 Å². The smallest absolute Gasteiger partial charge is 0.407 e. The lowest BCUT2D eigenvalue weighted by atomic mass is 10.4. The summed E-state index contributed by atoms with van der Waals surface area (Å²) in [5.74, 6) is 1.56. The molecule has 0 spiro atoms. The maximum Gasteiger partial charge on any atom is 0.407 e. The summed E-state index contributed by atoms with van der Waals surface area (Å²) >= 11 is 0. The quantitative estimate of drug-likeness (QED) is 0.808. The van der Waals surface area contributed by atoms with Crippen LogP contribution < -0.4 is 5.32 Å². The highest BCUT2D eigenvalue weighted by molar-refractivity contribution is 5.67. The summed E-state index contributed by atoms with van der Waals surface area (Å²) < 4.78 is 10.2. The lowest BCUT2D eigenvalue weighted by Crippen LogP contribution is -2.26. The standard InChI is InChI=1S/C10H15NO3/c1-7(2)13-10(12)11-6-9-5-4-8(3)14-9/h4-5,7H,6H2,1-3H3,(H,11,12). The van der Waals surface area contributed by atoms with Crippen LogP contribution in [0.5, 0.6) is 0 Å². The van der Waals surface area contributed by atoms with E-state index >= 15 is 0 Å². The van der Waals surface area contributed by atoms with Crippen LogP contribution in [0, 0.1) is 6.92 Å². The molecule has 0 bridgehead atoms. The summed E-state index contributed by atoms with van der Waals surface area (Å²) in [6.45, 7) is 5.82. The molecule has 0 fully saturated rings. The zero-order chi connectivity index (χ0) is 10.6. The number of nitrogens with one attached hydrogen (secondary N) is 1. The van der Waals surface area contributed by atoms with Crippen molar-refractivity contribution >= 4 is 6.09 Å². The van der Waals surface area contributed by atoms with Crippen molar-refractivity contribution in [3.8, 4) is 0 Å². The zero-order valence-corrected chi connectivity index (χ0v) is 8.66. The van der Waals surface area contributed by atoms with Gasteiger partial charge >= 0.3 is 6.09 Å². The molecule has 0 radical (unpaired) electrons. The number of ether oxygens (including phenoxy) is 1. The number of alkyl carbamates (subject to hydrolysis) is 1. The second kappa shape index (κ2) is 4.69. The molecule has 0 saturated heterocycles. The molecule has 1 heterocycles. The SMILES string of the molecule is Cc1ccc(CNC(=O)OC(C)C)o1. The second-order valence-corrected chi connectivity index (χ2v) is 3.32. The van der Waals surface area contributed by atoms with Gasteiger partial charge in [0.15, 0.2) is 0 Å². The van der Waals surface area contributed by atoms with Gasteiger partial charge in [0.05, 0.1) is 12.6 Å². The van der Waals surface area contributed by atoms with E-state index in [-0.39, 0.29) is 6.10 Å². The van der Waals surface area contributed by atoms with E-state index in [1.807, 2.05) is 19.1 Å². The Balaban J connectivity index is 2.30. The average Bonchev–Trinajstić information content (AvgIpc) is 2.47. The number of aryl methyl sites for hydroxylation is 1. The fourth-order valence-corrected chi connectivity index (χ4v) is 0.995. The number of carbonyl (C=O) groups excluding carboxylic acids is 1. The van der Waals surface area contributed by atoms with Gasteiger partial charge in [-0.25, -0.2) is 4.79 Å². The molecule has 1 aromatic rings. The van der Waals surface area contributed by atoms with E-state index in [2.05, 4.69) is 5.32 Å². The molecule has 1 amide bonds. The van der Waals surface area contributed by atoms with Crippen LogP contribution in [-0.2, 0) is 11.3 Å². The molecule has 0 aromatic carbocycles. The van der Waals surface area contributed by atoms with Crippen molar-refractivity contribution < 1.29 is 13.9 Å². The van der Waals surface area contributed by atoms with E-state index in [0.717, 1.165) is 11.5 Å². The first-order valence-corrected chi connectivity index (χ1v) is 4.57. The highest BCUT2D eigenvalue weighted by atomic mass is 16.6. The first-order valence-electron chi connectivity index (χ1n) is 4.57. The topological polar surface area (TPSA) is 51.5 Å². The Morgan fingerprint density at radius 2 is 2.29 bits per heavy atom. The monoisotopic (exact) mass is 197 g/mol. The number of amides is 1. The Bertz CT molecular complexity index is 304. The molecule has 4 heteroatoms. The van der Waals surface area contributed by atoms with Crippen molar-refractivity contribution in [1.29, 1.82) is 0 Å². The van der Waals surface area contributed by atoms with Crippen molar-refractivity contribution in [3.63, 3.8) is 0 Å². The number of hydrogen-bond donors (Lipinski definition) is 1. The van der Waals surface area contributed by atoms with Crippen LogP contribution in [-0.4, -0.2) is 12.2 Å². The molecule has 1 rings (SSSR count). The zero-order valence-electron chi connectivity index (χ0n) is 8.66. The molecule has 78 valence electrons. The van der Waals surface area contributed by atoms with E-state index in [1.54, 1.807) is 13.8 Å². The maximum absolute atomic E-state index is 11.1. The van der Waals surface area contributed by atoms with Crippen LogP contribution in [0.2, 0.25) is 0 Å².